The van der Waals surface area contributed by atoms with Gasteiger partial charge < -0.3 is 40.3 Å². The van der Waals surface area contributed by atoms with Gasteiger partial charge in [0.2, 0.25) is 5.91 Å². The van der Waals surface area contributed by atoms with Gasteiger partial charge in [-0.15, -0.1) is 0 Å². The first-order chi connectivity index (χ1) is 27.8. The van der Waals surface area contributed by atoms with E-state index in [2.05, 4.69) is 67.8 Å². The number of rotatable bonds is 37. The van der Waals surface area contributed by atoms with Crippen molar-refractivity contribution in [2.24, 2.45) is 0 Å². The van der Waals surface area contributed by atoms with E-state index in [-0.39, 0.29) is 12.5 Å². The van der Waals surface area contributed by atoms with Gasteiger partial charge in [0.25, 0.3) is 0 Å². The highest BCUT2D eigenvalue weighted by Gasteiger charge is 2.44. The van der Waals surface area contributed by atoms with Crippen LogP contribution in [0, 0.1) is 0 Å². The fourth-order valence-electron chi connectivity index (χ4n) is 6.82. The van der Waals surface area contributed by atoms with Crippen LogP contribution in [0.15, 0.2) is 60.8 Å². The van der Waals surface area contributed by atoms with Crippen LogP contribution in [0.2, 0.25) is 0 Å². The molecular formula is C48H85NO8. The molecule has 7 unspecified atom stereocenters. The number of nitrogens with one attached hydrogen (secondary N) is 1. The highest BCUT2D eigenvalue weighted by molar-refractivity contribution is 5.76. The van der Waals surface area contributed by atoms with Crippen LogP contribution >= 0.6 is 0 Å². The average molecular weight is 804 g/mol. The van der Waals surface area contributed by atoms with Crippen LogP contribution in [0.3, 0.4) is 0 Å². The molecule has 0 aromatic heterocycles. The van der Waals surface area contributed by atoms with Crippen LogP contribution < -0.4 is 5.32 Å². The van der Waals surface area contributed by atoms with Crippen molar-refractivity contribution in [3.63, 3.8) is 0 Å². The molecule has 0 aromatic carbocycles. The third-order valence-electron chi connectivity index (χ3n) is 10.6. The van der Waals surface area contributed by atoms with Crippen LogP contribution in [0.1, 0.15) is 181 Å². The van der Waals surface area contributed by atoms with Gasteiger partial charge in [0.1, 0.15) is 24.4 Å². The number of carbonyl (C=O) groups excluding carboxylic acids is 1. The van der Waals surface area contributed by atoms with E-state index in [9.17, 15) is 30.3 Å². The van der Waals surface area contributed by atoms with Gasteiger partial charge in [-0.1, -0.05) is 164 Å². The molecule has 0 aliphatic carbocycles. The van der Waals surface area contributed by atoms with Crippen molar-refractivity contribution < 1.29 is 39.8 Å². The third-order valence-corrected chi connectivity index (χ3v) is 10.6. The Kier molecular flexibility index (Phi) is 35.4. The number of aliphatic hydroxyl groups is 5. The number of amides is 1. The summed E-state index contributed by atoms with van der Waals surface area (Å²) < 4.78 is 11.2. The second-order valence-electron chi connectivity index (χ2n) is 15.8. The summed E-state index contributed by atoms with van der Waals surface area (Å²) in [6.07, 6.45) is 42.8. The highest BCUT2D eigenvalue weighted by Crippen LogP contribution is 2.22. The summed E-state index contributed by atoms with van der Waals surface area (Å²) in [5.41, 5.74) is 0. The fourth-order valence-corrected chi connectivity index (χ4v) is 6.82. The standard InChI is InChI=1S/C48H85NO8/c1-3-5-7-9-11-13-14-15-16-17-18-19-20-21-22-23-24-25-26-27-28-30-32-34-36-38-44(52)49-41(42(51)37-35-33-31-29-12-10-8-6-4-2)40-56-48-47(55)46(54)45(53)43(39-50)57-48/h12,14-15,17-18,20-21,29,35,37,41-43,45-48,50-51,53-55H,3-11,13,16,19,22-28,30-34,36,38-40H2,1-2H3,(H,49,52)/b15-14-,18-17-,21-20-,29-12+,37-35+. The summed E-state index contributed by atoms with van der Waals surface area (Å²) in [6, 6.07) is -0.823. The third kappa shape index (κ3) is 28.9. The normalized spacial score (nSPS) is 21.6. The molecule has 9 heteroatoms. The van der Waals surface area contributed by atoms with E-state index in [4.69, 9.17) is 9.47 Å². The average Bonchev–Trinajstić information content (AvgIpc) is 3.21. The van der Waals surface area contributed by atoms with Gasteiger partial charge in [0.15, 0.2) is 6.29 Å². The molecular weight excluding hydrogens is 719 g/mol. The zero-order valence-electron chi connectivity index (χ0n) is 36.1. The number of hydrogen-bond acceptors (Lipinski definition) is 8. The Balaban J connectivity index is 2.25. The SMILES string of the molecule is CCCCC/C=C/CC/C=C/C(O)C(COC1OC(CO)C(O)C(O)C1O)NC(=O)CCCCCCCCCCCC/C=C\C/C=C\C/C=C\CCCCCCC. The van der Waals surface area contributed by atoms with E-state index in [0.717, 1.165) is 57.8 Å². The molecule has 1 rings (SSSR count). The second kappa shape index (κ2) is 38.1. The van der Waals surface area contributed by atoms with Crippen molar-refractivity contribution >= 4 is 5.91 Å². The predicted octanol–water partition coefficient (Wildman–Crippen LogP) is 9.61. The summed E-state index contributed by atoms with van der Waals surface area (Å²) in [7, 11) is 0. The van der Waals surface area contributed by atoms with E-state index >= 15 is 0 Å². The first kappa shape index (κ1) is 52.9. The Morgan fingerprint density at radius 3 is 1.63 bits per heavy atom. The number of carbonyl (C=O) groups is 1. The maximum Gasteiger partial charge on any atom is 0.220 e. The van der Waals surface area contributed by atoms with Crippen molar-refractivity contribution in [1.29, 1.82) is 0 Å². The molecule has 9 nitrogen and oxygen atoms in total. The van der Waals surface area contributed by atoms with Gasteiger partial charge >= 0.3 is 0 Å². The van der Waals surface area contributed by atoms with Crippen LogP contribution in [0.5, 0.6) is 0 Å². The van der Waals surface area contributed by atoms with Crippen LogP contribution in [0.25, 0.3) is 0 Å². The molecule has 0 aromatic rings. The first-order valence-corrected chi connectivity index (χ1v) is 23.0. The van der Waals surface area contributed by atoms with Crippen molar-refractivity contribution in [2.75, 3.05) is 13.2 Å². The molecule has 1 amide bonds. The summed E-state index contributed by atoms with van der Waals surface area (Å²) in [4.78, 5) is 12.9. The number of ether oxygens (including phenoxy) is 2. The molecule has 0 radical (unpaired) electrons. The molecule has 7 atom stereocenters. The zero-order chi connectivity index (χ0) is 41.6. The van der Waals surface area contributed by atoms with Crippen molar-refractivity contribution in [2.45, 2.75) is 224 Å². The van der Waals surface area contributed by atoms with Crippen LogP contribution in [0.4, 0.5) is 0 Å². The van der Waals surface area contributed by atoms with Crippen molar-refractivity contribution in [3.05, 3.63) is 60.8 Å². The van der Waals surface area contributed by atoms with Gasteiger partial charge in [-0.2, -0.15) is 0 Å². The van der Waals surface area contributed by atoms with Gasteiger partial charge in [-0.3, -0.25) is 4.79 Å². The second-order valence-corrected chi connectivity index (χ2v) is 15.8. The largest absolute Gasteiger partial charge is 0.394 e. The van der Waals surface area contributed by atoms with Gasteiger partial charge in [-0.25, -0.2) is 0 Å². The molecule has 330 valence electrons. The summed E-state index contributed by atoms with van der Waals surface area (Å²) in [6.45, 7) is 3.67. The zero-order valence-corrected chi connectivity index (χ0v) is 36.1. The van der Waals surface area contributed by atoms with E-state index in [0.29, 0.717) is 6.42 Å². The minimum atomic E-state index is -1.57. The Labute approximate surface area is 347 Å². The Bertz CT molecular complexity index is 1070. The lowest BCUT2D eigenvalue weighted by Gasteiger charge is -2.40. The van der Waals surface area contributed by atoms with E-state index in [1.54, 1.807) is 6.08 Å². The minimum Gasteiger partial charge on any atom is -0.394 e. The van der Waals surface area contributed by atoms with Gasteiger partial charge in [0, 0.05) is 6.42 Å². The molecule has 1 fully saturated rings. The molecule has 1 saturated heterocycles. The lowest BCUT2D eigenvalue weighted by atomic mass is 9.99. The number of allylic oxidation sites excluding steroid dienone is 9. The van der Waals surface area contributed by atoms with Crippen molar-refractivity contribution in [3.8, 4) is 0 Å². The van der Waals surface area contributed by atoms with Crippen molar-refractivity contribution in [1.82, 2.24) is 5.32 Å². The maximum atomic E-state index is 12.9. The fraction of sp³-hybridized carbons (Fsp3) is 0.771. The topological polar surface area (TPSA) is 149 Å². The van der Waals surface area contributed by atoms with Gasteiger partial charge in [-0.05, 0) is 70.6 Å². The lowest BCUT2D eigenvalue weighted by molar-refractivity contribution is -0.302. The molecule has 1 aliphatic rings. The predicted molar refractivity (Wildman–Crippen MR) is 235 cm³/mol. The van der Waals surface area contributed by atoms with Crippen LogP contribution in [-0.2, 0) is 14.3 Å². The van der Waals surface area contributed by atoms with Crippen LogP contribution in [-0.4, -0.2) is 87.5 Å². The molecule has 0 saturated carbocycles. The first-order valence-electron chi connectivity index (χ1n) is 23.0. The minimum absolute atomic E-state index is 0.197. The molecule has 1 heterocycles. The highest BCUT2D eigenvalue weighted by atomic mass is 16.7. The molecule has 0 bridgehead atoms. The number of aliphatic hydroxyl groups excluding tert-OH is 5. The maximum absolute atomic E-state index is 12.9. The molecule has 0 spiro atoms. The van der Waals surface area contributed by atoms with Gasteiger partial charge in [0.05, 0.1) is 25.4 Å². The van der Waals surface area contributed by atoms with E-state index in [1.807, 2.05) is 6.08 Å². The Morgan fingerprint density at radius 1 is 0.596 bits per heavy atom. The summed E-state index contributed by atoms with van der Waals surface area (Å²) >= 11 is 0. The lowest BCUT2D eigenvalue weighted by Crippen LogP contribution is -2.60. The summed E-state index contributed by atoms with van der Waals surface area (Å²) in [5.74, 6) is -0.197. The monoisotopic (exact) mass is 804 g/mol. The molecule has 1 aliphatic heterocycles. The summed E-state index contributed by atoms with van der Waals surface area (Å²) in [5, 5.41) is 54.0. The molecule has 6 N–H and O–H groups in total. The number of hydrogen-bond donors (Lipinski definition) is 6. The Hall–Kier alpha value is -2.11. The van der Waals surface area contributed by atoms with E-state index in [1.165, 1.54) is 103 Å². The number of unbranched alkanes of at least 4 members (excludes halogenated alkanes) is 19. The van der Waals surface area contributed by atoms with E-state index < -0.39 is 49.5 Å². The quantitative estimate of drug-likeness (QED) is 0.0269. The Morgan fingerprint density at radius 2 is 1.05 bits per heavy atom. The smallest absolute Gasteiger partial charge is 0.220 e. The molecule has 57 heavy (non-hydrogen) atoms.